The zero-order valence-corrected chi connectivity index (χ0v) is 12.9. The summed E-state index contributed by atoms with van der Waals surface area (Å²) in [4.78, 5) is 21.3. The third kappa shape index (κ3) is 2.26. The van der Waals surface area contributed by atoms with Crippen molar-refractivity contribution in [3.05, 3.63) is 60.1 Å². The van der Waals surface area contributed by atoms with Crippen LogP contribution in [0.3, 0.4) is 0 Å². The quantitative estimate of drug-likeness (QED) is 0.523. The van der Waals surface area contributed by atoms with Crippen LogP contribution in [0.5, 0.6) is 0 Å². The van der Waals surface area contributed by atoms with Gasteiger partial charge in [-0.2, -0.15) is 0 Å². The molecular formula is C17H12N2O5. The number of hydrogen-bond acceptors (Lipinski definition) is 7. The number of hydrogen-bond donors (Lipinski definition) is 0. The van der Waals surface area contributed by atoms with Gasteiger partial charge in [0.15, 0.2) is 0 Å². The predicted molar refractivity (Wildman–Crippen MR) is 81.3 cm³/mol. The minimum Gasteiger partial charge on any atom is -0.472 e. The highest BCUT2D eigenvalue weighted by atomic mass is 16.4. The van der Waals surface area contributed by atoms with Gasteiger partial charge < -0.3 is 17.7 Å². The number of carbonyl (C=O) groups excluding carboxylic acids is 1. The molecule has 0 bridgehead atoms. The van der Waals surface area contributed by atoms with E-state index in [9.17, 15) is 4.79 Å². The molecule has 0 fully saturated rings. The van der Waals surface area contributed by atoms with Crippen LogP contribution in [-0.2, 0) is 0 Å². The Kier molecular flexibility index (Phi) is 3.19. The maximum absolute atomic E-state index is 12.7. The molecule has 0 aromatic carbocycles. The second-order valence-corrected chi connectivity index (χ2v) is 5.22. The first-order chi connectivity index (χ1) is 11.6. The fourth-order valence-corrected chi connectivity index (χ4v) is 2.34. The molecule has 0 atom stereocenters. The lowest BCUT2D eigenvalue weighted by atomic mass is 10.2. The second-order valence-electron chi connectivity index (χ2n) is 5.22. The fourth-order valence-electron chi connectivity index (χ4n) is 2.34. The van der Waals surface area contributed by atoms with E-state index in [0.29, 0.717) is 34.3 Å². The van der Waals surface area contributed by atoms with E-state index < -0.39 is 5.78 Å². The minimum atomic E-state index is -0.408. The zero-order valence-electron chi connectivity index (χ0n) is 12.9. The molecule has 4 rings (SSSR count). The number of carbonyl (C=O) groups is 1. The largest absolute Gasteiger partial charge is 0.472 e. The molecule has 0 spiro atoms. The molecule has 0 radical (unpaired) electrons. The summed E-state index contributed by atoms with van der Waals surface area (Å²) in [5.41, 5.74) is 2.25. The van der Waals surface area contributed by atoms with Gasteiger partial charge in [-0.15, -0.1) is 0 Å². The van der Waals surface area contributed by atoms with Gasteiger partial charge in [0, 0.05) is 0 Å². The van der Waals surface area contributed by atoms with E-state index in [1.165, 1.54) is 25.1 Å². The normalized spacial score (nSPS) is 11.1. The Labute approximate surface area is 135 Å². The van der Waals surface area contributed by atoms with Gasteiger partial charge >= 0.3 is 0 Å². The molecule has 7 heteroatoms. The second kappa shape index (κ2) is 5.38. The van der Waals surface area contributed by atoms with Gasteiger partial charge in [-0.05, 0) is 26.0 Å². The Morgan fingerprint density at radius 3 is 1.67 bits per heavy atom. The SMILES string of the molecule is Cc1nc(-c2ccoc2)oc1C(=O)c1oc(-c2ccoc2)nc1C. The number of furan rings is 2. The first kappa shape index (κ1) is 14.3. The molecule has 0 aliphatic carbocycles. The Morgan fingerprint density at radius 2 is 1.29 bits per heavy atom. The Balaban J connectivity index is 1.72. The fraction of sp³-hybridized carbons (Fsp3) is 0.118. The summed E-state index contributed by atoms with van der Waals surface area (Å²) in [6, 6.07) is 3.41. The highest BCUT2D eigenvalue weighted by Gasteiger charge is 2.26. The van der Waals surface area contributed by atoms with E-state index in [2.05, 4.69) is 9.97 Å². The standard InChI is InChI=1S/C17H12N2O5/c1-9-14(23-16(18-9)11-3-5-21-7-11)13(20)15-10(2)19-17(24-15)12-4-6-22-8-12/h3-8H,1-2H3. The lowest BCUT2D eigenvalue weighted by Gasteiger charge is -1.94. The van der Waals surface area contributed by atoms with Gasteiger partial charge in [-0.3, -0.25) is 4.79 Å². The Morgan fingerprint density at radius 1 is 0.833 bits per heavy atom. The summed E-state index contributed by atoms with van der Waals surface area (Å²) in [6.45, 7) is 3.39. The maximum atomic E-state index is 12.7. The van der Waals surface area contributed by atoms with E-state index in [1.54, 1.807) is 26.0 Å². The third-order valence-electron chi connectivity index (χ3n) is 3.54. The van der Waals surface area contributed by atoms with Crippen molar-refractivity contribution in [1.29, 1.82) is 0 Å². The van der Waals surface area contributed by atoms with Crippen molar-refractivity contribution in [2.24, 2.45) is 0 Å². The summed E-state index contributed by atoms with van der Waals surface area (Å²) in [5.74, 6) is 0.455. The first-order valence-electron chi connectivity index (χ1n) is 7.18. The van der Waals surface area contributed by atoms with Gasteiger partial charge in [0.05, 0.1) is 35.0 Å². The Hall–Kier alpha value is -3.35. The third-order valence-corrected chi connectivity index (χ3v) is 3.54. The van der Waals surface area contributed by atoms with Gasteiger partial charge in [0.1, 0.15) is 12.5 Å². The number of aromatic nitrogens is 2. The number of rotatable bonds is 4. The topological polar surface area (TPSA) is 95.4 Å². The van der Waals surface area contributed by atoms with Crippen LogP contribution in [0.25, 0.3) is 22.9 Å². The maximum Gasteiger partial charge on any atom is 0.267 e. The lowest BCUT2D eigenvalue weighted by Crippen LogP contribution is -2.02. The molecule has 24 heavy (non-hydrogen) atoms. The number of ketones is 1. The van der Waals surface area contributed by atoms with Crippen molar-refractivity contribution in [3.63, 3.8) is 0 Å². The molecule has 0 aliphatic rings. The van der Waals surface area contributed by atoms with Crippen LogP contribution in [0.1, 0.15) is 27.7 Å². The summed E-state index contributed by atoms with van der Waals surface area (Å²) in [5, 5.41) is 0. The summed E-state index contributed by atoms with van der Waals surface area (Å²) < 4.78 is 21.2. The summed E-state index contributed by atoms with van der Waals surface area (Å²) in [7, 11) is 0. The first-order valence-corrected chi connectivity index (χ1v) is 7.18. The molecular weight excluding hydrogens is 312 g/mol. The summed E-state index contributed by atoms with van der Waals surface area (Å²) >= 11 is 0. The van der Waals surface area contributed by atoms with Crippen molar-refractivity contribution in [1.82, 2.24) is 9.97 Å². The van der Waals surface area contributed by atoms with Crippen LogP contribution in [-0.4, -0.2) is 15.8 Å². The highest BCUT2D eigenvalue weighted by molar-refractivity contribution is 6.06. The van der Waals surface area contributed by atoms with Crippen LogP contribution in [0.2, 0.25) is 0 Å². The predicted octanol–water partition coefficient (Wildman–Crippen LogP) is 4.03. The molecule has 0 saturated carbocycles. The Bertz CT molecular complexity index is 910. The van der Waals surface area contributed by atoms with E-state index in [-0.39, 0.29) is 11.5 Å². The molecule has 4 heterocycles. The van der Waals surface area contributed by atoms with Crippen LogP contribution in [0.4, 0.5) is 0 Å². The van der Waals surface area contributed by atoms with Gasteiger partial charge in [-0.25, -0.2) is 9.97 Å². The van der Waals surface area contributed by atoms with Gasteiger partial charge in [-0.1, -0.05) is 0 Å². The number of nitrogens with zero attached hydrogens (tertiary/aromatic N) is 2. The smallest absolute Gasteiger partial charge is 0.267 e. The lowest BCUT2D eigenvalue weighted by molar-refractivity contribution is 0.0983. The molecule has 0 N–H and O–H groups in total. The molecule has 7 nitrogen and oxygen atoms in total. The number of aryl methyl sites for hydroxylation is 2. The van der Waals surface area contributed by atoms with Crippen molar-refractivity contribution >= 4 is 5.78 Å². The van der Waals surface area contributed by atoms with Crippen LogP contribution < -0.4 is 0 Å². The van der Waals surface area contributed by atoms with Crippen molar-refractivity contribution in [2.45, 2.75) is 13.8 Å². The average Bonchev–Trinajstić information content (AvgIpc) is 3.33. The van der Waals surface area contributed by atoms with Crippen molar-refractivity contribution in [2.75, 3.05) is 0 Å². The van der Waals surface area contributed by atoms with E-state index in [1.807, 2.05) is 0 Å². The highest BCUT2D eigenvalue weighted by Crippen LogP contribution is 2.27. The minimum absolute atomic E-state index is 0.115. The molecule has 0 aliphatic heterocycles. The summed E-state index contributed by atoms with van der Waals surface area (Å²) in [6.07, 6.45) is 6.01. The number of oxazole rings is 2. The van der Waals surface area contributed by atoms with Crippen molar-refractivity contribution in [3.8, 4) is 22.9 Å². The molecule has 0 amide bonds. The zero-order chi connectivity index (χ0) is 16.7. The molecule has 4 aromatic rings. The monoisotopic (exact) mass is 324 g/mol. The van der Waals surface area contributed by atoms with Gasteiger partial charge in [0.25, 0.3) is 5.78 Å². The molecule has 0 saturated heterocycles. The molecule has 0 unspecified atom stereocenters. The van der Waals surface area contributed by atoms with E-state index >= 15 is 0 Å². The van der Waals surface area contributed by atoms with Crippen LogP contribution in [0, 0.1) is 13.8 Å². The van der Waals surface area contributed by atoms with Crippen LogP contribution >= 0.6 is 0 Å². The van der Waals surface area contributed by atoms with E-state index in [0.717, 1.165) is 0 Å². The molecule has 120 valence electrons. The average molecular weight is 324 g/mol. The van der Waals surface area contributed by atoms with E-state index in [4.69, 9.17) is 17.7 Å². The van der Waals surface area contributed by atoms with Crippen LogP contribution in [0.15, 0.2) is 54.9 Å². The van der Waals surface area contributed by atoms with Gasteiger partial charge in [0.2, 0.25) is 23.3 Å². The van der Waals surface area contributed by atoms with Crippen molar-refractivity contribution < 1.29 is 22.5 Å². The molecule has 4 aromatic heterocycles.